The third kappa shape index (κ3) is 5.12. The second kappa shape index (κ2) is 5.01. The first kappa shape index (κ1) is 14.6. The van der Waals surface area contributed by atoms with Crippen molar-refractivity contribution in [3.63, 3.8) is 0 Å². The molecular weight excluding hydrogens is 283 g/mol. The number of amides is 1. The van der Waals surface area contributed by atoms with Crippen molar-refractivity contribution in [3.8, 4) is 0 Å². The highest BCUT2D eigenvalue weighted by atomic mass is 35.5. The van der Waals surface area contributed by atoms with E-state index in [4.69, 9.17) is 11.6 Å². The number of hydrogen-bond acceptors (Lipinski definition) is 3. The SMILES string of the molecule is O=C(CCC(F)(F)F)NC1CS(=O)(=O)CC1Cl. The zero-order valence-electron chi connectivity index (χ0n) is 8.63. The van der Waals surface area contributed by atoms with Gasteiger partial charge in [-0.25, -0.2) is 8.42 Å². The minimum Gasteiger partial charge on any atom is -0.351 e. The summed E-state index contributed by atoms with van der Waals surface area (Å²) in [5, 5.41) is 1.42. The number of carbonyl (C=O) groups excluding carboxylic acids is 1. The van der Waals surface area contributed by atoms with Crippen LogP contribution in [0.5, 0.6) is 0 Å². The predicted octanol–water partition coefficient (Wildman–Crippen LogP) is 0.849. The Balaban J connectivity index is 2.42. The van der Waals surface area contributed by atoms with E-state index in [1.807, 2.05) is 0 Å². The van der Waals surface area contributed by atoms with E-state index in [-0.39, 0.29) is 11.5 Å². The van der Waals surface area contributed by atoms with Crippen LogP contribution in [0.4, 0.5) is 13.2 Å². The Morgan fingerprint density at radius 1 is 1.35 bits per heavy atom. The van der Waals surface area contributed by atoms with Gasteiger partial charge in [-0.05, 0) is 0 Å². The number of carbonyl (C=O) groups is 1. The van der Waals surface area contributed by atoms with Gasteiger partial charge in [-0.2, -0.15) is 13.2 Å². The molecule has 1 aliphatic rings. The zero-order valence-corrected chi connectivity index (χ0v) is 10.2. The van der Waals surface area contributed by atoms with Gasteiger partial charge in [0.25, 0.3) is 0 Å². The molecular formula is C8H11ClF3NO3S. The quantitative estimate of drug-likeness (QED) is 0.785. The third-order valence-corrected chi connectivity index (χ3v) is 4.64. The van der Waals surface area contributed by atoms with Gasteiger partial charge in [-0.1, -0.05) is 0 Å². The Kier molecular flexibility index (Phi) is 4.29. The van der Waals surface area contributed by atoms with Crippen molar-refractivity contribution >= 4 is 27.3 Å². The molecule has 100 valence electrons. The summed E-state index contributed by atoms with van der Waals surface area (Å²) in [5.74, 6) is -1.42. The van der Waals surface area contributed by atoms with Crippen molar-refractivity contribution in [2.24, 2.45) is 0 Å². The second-order valence-corrected chi connectivity index (χ2v) is 6.60. The van der Waals surface area contributed by atoms with Crippen LogP contribution in [0, 0.1) is 0 Å². The lowest BCUT2D eigenvalue weighted by Crippen LogP contribution is -2.40. The molecule has 4 nitrogen and oxygen atoms in total. The summed E-state index contributed by atoms with van der Waals surface area (Å²) in [6.07, 6.45) is -6.35. The molecule has 1 fully saturated rings. The van der Waals surface area contributed by atoms with Crippen LogP contribution < -0.4 is 5.32 Å². The van der Waals surface area contributed by atoms with Gasteiger partial charge < -0.3 is 5.32 Å². The Bertz CT molecular complexity index is 395. The fourth-order valence-corrected chi connectivity index (χ4v) is 4.02. The van der Waals surface area contributed by atoms with Gasteiger partial charge in [-0.3, -0.25) is 4.79 Å². The molecule has 9 heteroatoms. The van der Waals surface area contributed by atoms with Crippen LogP contribution in [0.1, 0.15) is 12.8 Å². The van der Waals surface area contributed by atoms with E-state index in [1.54, 1.807) is 0 Å². The lowest BCUT2D eigenvalue weighted by Gasteiger charge is -2.14. The Morgan fingerprint density at radius 2 is 1.94 bits per heavy atom. The first-order chi connectivity index (χ1) is 7.59. The average Bonchev–Trinajstić information content (AvgIpc) is 2.35. The van der Waals surface area contributed by atoms with Crippen LogP contribution in [-0.4, -0.2) is 43.4 Å². The summed E-state index contributed by atoms with van der Waals surface area (Å²) in [6.45, 7) is 0. The summed E-state index contributed by atoms with van der Waals surface area (Å²) < 4.78 is 57.8. The molecule has 0 radical (unpaired) electrons. The molecule has 1 N–H and O–H groups in total. The summed E-state index contributed by atoms with van der Waals surface area (Å²) >= 11 is 5.68. The lowest BCUT2D eigenvalue weighted by molar-refractivity contribution is -0.144. The van der Waals surface area contributed by atoms with E-state index in [2.05, 4.69) is 5.32 Å². The fourth-order valence-electron chi connectivity index (χ4n) is 1.47. The maximum absolute atomic E-state index is 11.8. The minimum atomic E-state index is -4.40. The largest absolute Gasteiger partial charge is 0.389 e. The molecule has 1 rings (SSSR count). The van der Waals surface area contributed by atoms with Crippen molar-refractivity contribution in [1.82, 2.24) is 5.32 Å². The highest BCUT2D eigenvalue weighted by Gasteiger charge is 2.37. The molecule has 0 saturated carbocycles. The maximum Gasteiger partial charge on any atom is 0.389 e. The van der Waals surface area contributed by atoms with Crippen LogP contribution >= 0.6 is 11.6 Å². The number of rotatable bonds is 3. The third-order valence-electron chi connectivity index (χ3n) is 2.27. The maximum atomic E-state index is 11.8. The van der Waals surface area contributed by atoms with E-state index in [1.165, 1.54) is 0 Å². The first-order valence-corrected chi connectivity index (χ1v) is 7.05. The van der Waals surface area contributed by atoms with Crippen molar-refractivity contribution in [3.05, 3.63) is 0 Å². The number of alkyl halides is 4. The molecule has 17 heavy (non-hydrogen) atoms. The van der Waals surface area contributed by atoms with E-state index < -0.39 is 46.2 Å². The second-order valence-electron chi connectivity index (χ2n) is 3.88. The van der Waals surface area contributed by atoms with E-state index in [0.717, 1.165) is 0 Å². The lowest BCUT2D eigenvalue weighted by atomic mass is 10.2. The smallest absolute Gasteiger partial charge is 0.351 e. The van der Waals surface area contributed by atoms with Gasteiger partial charge in [0.05, 0.1) is 29.3 Å². The van der Waals surface area contributed by atoms with Crippen LogP contribution in [-0.2, 0) is 14.6 Å². The van der Waals surface area contributed by atoms with Crippen LogP contribution in [0.25, 0.3) is 0 Å². The summed E-state index contributed by atoms with van der Waals surface area (Å²) in [4.78, 5) is 11.1. The Morgan fingerprint density at radius 3 is 2.35 bits per heavy atom. The highest BCUT2D eigenvalue weighted by Crippen LogP contribution is 2.22. The van der Waals surface area contributed by atoms with Crippen molar-refractivity contribution in [2.45, 2.75) is 30.4 Å². The number of halogens is 4. The van der Waals surface area contributed by atoms with Crippen molar-refractivity contribution < 1.29 is 26.4 Å². The van der Waals surface area contributed by atoms with Gasteiger partial charge in [-0.15, -0.1) is 11.6 Å². The molecule has 0 spiro atoms. The van der Waals surface area contributed by atoms with E-state index in [0.29, 0.717) is 0 Å². The van der Waals surface area contributed by atoms with Gasteiger partial charge in [0.2, 0.25) is 5.91 Å². The van der Waals surface area contributed by atoms with Crippen molar-refractivity contribution in [1.29, 1.82) is 0 Å². The predicted molar refractivity (Wildman–Crippen MR) is 55.5 cm³/mol. The minimum absolute atomic E-state index is 0.265. The van der Waals surface area contributed by atoms with Crippen LogP contribution in [0.15, 0.2) is 0 Å². The fraction of sp³-hybridized carbons (Fsp3) is 0.875. The number of hydrogen-bond donors (Lipinski definition) is 1. The van der Waals surface area contributed by atoms with Gasteiger partial charge in [0, 0.05) is 6.42 Å². The van der Waals surface area contributed by atoms with Crippen LogP contribution in [0.3, 0.4) is 0 Å². The Labute approximate surface area is 101 Å². The molecule has 0 aliphatic carbocycles. The standard InChI is InChI=1S/C8H11ClF3NO3S/c9-5-3-17(15,16)4-6(5)13-7(14)1-2-8(10,11)12/h5-6H,1-4H2,(H,13,14). The molecule has 1 aliphatic heterocycles. The molecule has 0 aromatic rings. The number of nitrogens with one attached hydrogen (secondary N) is 1. The molecule has 2 unspecified atom stereocenters. The van der Waals surface area contributed by atoms with Crippen molar-refractivity contribution in [2.75, 3.05) is 11.5 Å². The summed E-state index contributed by atoms with van der Waals surface area (Å²) in [6, 6.07) is -0.803. The first-order valence-electron chi connectivity index (χ1n) is 4.80. The molecule has 1 heterocycles. The number of sulfone groups is 1. The van der Waals surface area contributed by atoms with Gasteiger partial charge in [0.15, 0.2) is 9.84 Å². The van der Waals surface area contributed by atoms with Gasteiger partial charge in [0.1, 0.15) is 0 Å². The van der Waals surface area contributed by atoms with Gasteiger partial charge >= 0.3 is 6.18 Å². The molecule has 0 aromatic heterocycles. The molecule has 1 saturated heterocycles. The summed E-state index contributed by atoms with van der Waals surface area (Å²) in [7, 11) is -3.30. The van der Waals surface area contributed by atoms with E-state index >= 15 is 0 Å². The topological polar surface area (TPSA) is 63.2 Å². The normalized spacial score (nSPS) is 28.0. The van der Waals surface area contributed by atoms with E-state index in [9.17, 15) is 26.4 Å². The monoisotopic (exact) mass is 293 g/mol. The van der Waals surface area contributed by atoms with Crippen LogP contribution in [0.2, 0.25) is 0 Å². The molecule has 0 bridgehead atoms. The zero-order chi connectivity index (χ0) is 13.3. The summed E-state index contributed by atoms with van der Waals surface area (Å²) in [5.41, 5.74) is 0. The average molecular weight is 294 g/mol. The highest BCUT2D eigenvalue weighted by molar-refractivity contribution is 7.91. The molecule has 0 aromatic carbocycles. The Hall–Kier alpha value is -0.500. The molecule has 2 atom stereocenters. The molecule has 1 amide bonds.